The van der Waals surface area contributed by atoms with Crippen LogP contribution in [0.3, 0.4) is 0 Å². The van der Waals surface area contributed by atoms with E-state index in [0.29, 0.717) is 19.0 Å². The van der Waals surface area contributed by atoms with Gasteiger partial charge in [0, 0.05) is 38.6 Å². The first-order valence-corrected chi connectivity index (χ1v) is 9.88. The number of hydrogen-bond acceptors (Lipinski definition) is 4. The molecule has 0 radical (unpaired) electrons. The molecule has 2 heterocycles. The van der Waals surface area contributed by atoms with Crippen molar-refractivity contribution < 1.29 is 4.79 Å². The minimum absolute atomic E-state index is 0. The standard InChI is InChI=1S/C19H31N7O.HI/c1-4-10-20-19(21-12-17-24-23-14(2)25(17)3)22-16-9-11-26(13-16)18(27)15-7-5-6-8-15;/h4,15-16H,1,5-13H2,2-3H3,(H2,20,21,22);1H. The molecule has 9 heteroatoms. The molecule has 2 aliphatic rings. The number of aliphatic imine (C=N–C) groups is 1. The molecule has 1 aliphatic heterocycles. The molecule has 0 spiro atoms. The van der Waals surface area contributed by atoms with E-state index < -0.39 is 0 Å². The summed E-state index contributed by atoms with van der Waals surface area (Å²) in [5.41, 5.74) is 0. The Labute approximate surface area is 184 Å². The number of rotatable bonds is 6. The second kappa shape index (κ2) is 10.8. The first kappa shape index (κ1) is 22.6. The average molecular weight is 501 g/mol. The van der Waals surface area contributed by atoms with Gasteiger partial charge in [-0.1, -0.05) is 18.9 Å². The molecular weight excluding hydrogens is 469 g/mol. The van der Waals surface area contributed by atoms with Crippen LogP contribution in [0, 0.1) is 12.8 Å². The molecule has 1 aromatic rings. The topological polar surface area (TPSA) is 87.4 Å². The first-order valence-electron chi connectivity index (χ1n) is 9.88. The van der Waals surface area contributed by atoms with Crippen molar-refractivity contribution in [3.8, 4) is 0 Å². The summed E-state index contributed by atoms with van der Waals surface area (Å²) in [6.07, 6.45) is 7.23. The molecule has 28 heavy (non-hydrogen) atoms. The Bertz CT molecular complexity index is 696. The van der Waals surface area contributed by atoms with Crippen LogP contribution < -0.4 is 10.6 Å². The Hall–Kier alpha value is -1.65. The van der Waals surface area contributed by atoms with Gasteiger partial charge in [-0.15, -0.1) is 40.8 Å². The van der Waals surface area contributed by atoms with Crippen LogP contribution in [0.2, 0.25) is 0 Å². The summed E-state index contributed by atoms with van der Waals surface area (Å²) in [6.45, 7) is 8.31. The van der Waals surface area contributed by atoms with E-state index >= 15 is 0 Å². The van der Waals surface area contributed by atoms with Gasteiger partial charge in [0.2, 0.25) is 5.91 Å². The fraction of sp³-hybridized carbons (Fsp3) is 0.684. The maximum absolute atomic E-state index is 12.6. The number of likely N-dealkylation sites (tertiary alicyclic amines) is 1. The van der Waals surface area contributed by atoms with Crippen LogP contribution in [-0.4, -0.2) is 57.2 Å². The molecule has 1 atom stereocenters. The zero-order chi connectivity index (χ0) is 19.2. The molecule has 0 aromatic carbocycles. The molecular formula is C19H32IN7O. The molecule has 8 nitrogen and oxygen atoms in total. The van der Waals surface area contributed by atoms with Gasteiger partial charge in [0.25, 0.3) is 0 Å². The number of guanidine groups is 1. The van der Waals surface area contributed by atoms with Gasteiger partial charge >= 0.3 is 0 Å². The number of nitrogens with zero attached hydrogens (tertiary/aromatic N) is 5. The number of aromatic nitrogens is 3. The summed E-state index contributed by atoms with van der Waals surface area (Å²) in [5, 5.41) is 14.9. The Morgan fingerprint density at radius 1 is 1.32 bits per heavy atom. The number of halogens is 1. The van der Waals surface area contributed by atoms with Crippen molar-refractivity contribution in [1.82, 2.24) is 30.3 Å². The zero-order valence-corrected chi connectivity index (χ0v) is 19.2. The van der Waals surface area contributed by atoms with Gasteiger partial charge in [0.15, 0.2) is 11.8 Å². The predicted molar refractivity (Wildman–Crippen MR) is 121 cm³/mol. The number of aryl methyl sites for hydroxylation is 1. The summed E-state index contributed by atoms with van der Waals surface area (Å²) < 4.78 is 1.94. The molecule has 0 bridgehead atoms. The highest BCUT2D eigenvalue weighted by molar-refractivity contribution is 14.0. The lowest BCUT2D eigenvalue weighted by Gasteiger charge is -2.21. The van der Waals surface area contributed by atoms with E-state index in [1.807, 2.05) is 23.4 Å². The maximum Gasteiger partial charge on any atom is 0.225 e. The lowest BCUT2D eigenvalue weighted by molar-refractivity contribution is -0.134. The number of carbonyl (C=O) groups is 1. The Balaban J connectivity index is 0.00000280. The van der Waals surface area contributed by atoms with Crippen LogP contribution in [0.25, 0.3) is 0 Å². The van der Waals surface area contributed by atoms with Crippen LogP contribution in [-0.2, 0) is 18.4 Å². The number of carbonyl (C=O) groups excluding carboxylic acids is 1. The van der Waals surface area contributed by atoms with E-state index in [1.165, 1.54) is 12.8 Å². The summed E-state index contributed by atoms with van der Waals surface area (Å²) in [4.78, 5) is 19.3. The highest BCUT2D eigenvalue weighted by Crippen LogP contribution is 2.27. The van der Waals surface area contributed by atoms with Crippen molar-refractivity contribution in [2.24, 2.45) is 18.0 Å². The lowest BCUT2D eigenvalue weighted by Crippen LogP contribution is -2.45. The molecule has 3 rings (SSSR count). The monoisotopic (exact) mass is 501 g/mol. The van der Waals surface area contributed by atoms with E-state index in [4.69, 9.17) is 0 Å². The Morgan fingerprint density at radius 2 is 2.07 bits per heavy atom. The summed E-state index contributed by atoms with van der Waals surface area (Å²) >= 11 is 0. The quantitative estimate of drug-likeness (QED) is 0.269. The number of hydrogen-bond donors (Lipinski definition) is 2. The van der Waals surface area contributed by atoms with Crippen LogP contribution in [0.15, 0.2) is 17.6 Å². The molecule has 2 N–H and O–H groups in total. The highest BCUT2D eigenvalue weighted by Gasteiger charge is 2.32. The molecule has 1 unspecified atom stereocenters. The minimum atomic E-state index is 0. The largest absolute Gasteiger partial charge is 0.353 e. The third kappa shape index (κ3) is 5.68. The number of amides is 1. The molecule has 1 aromatic heterocycles. The summed E-state index contributed by atoms with van der Waals surface area (Å²) in [7, 11) is 1.94. The van der Waals surface area contributed by atoms with Crippen LogP contribution in [0.1, 0.15) is 43.8 Å². The fourth-order valence-corrected chi connectivity index (χ4v) is 3.76. The Kier molecular flexibility index (Phi) is 8.71. The summed E-state index contributed by atoms with van der Waals surface area (Å²) in [6, 6.07) is 0.215. The zero-order valence-electron chi connectivity index (χ0n) is 16.9. The smallest absolute Gasteiger partial charge is 0.225 e. The van der Waals surface area contributed by atoms with Gasteiger partial charge < -0.3 is 20.1 Å². The highest BCUT2D eigenvalue weighted by atomic mass is 127. The van der Waals surface area contributed by atoms with E-state index in [2.05, 4.69) is 32.4 Å². The SMILES string of the molecule is C=CCNC(=NCc1nnc(C)n1C)NC1CCN(C(=O)C2CCCC2)C1.I. The van der Waals surface area contributed by atoms with Gasteiger partial charge in [-0.3, -0.25) is 4.79 Å². The van der Waals surface area contributed by atoms with Crippen molar-refractivity contribution in [1.29, 1.82) is 0 Å². The third-order valence-electron chi connectivity index (χ3n) is 5.52. The molecule has 1 aliphatic carbocycles. The number of nitrogens with one attached hydrogen (secondary N) is 2. The second-order valence-corrected chi connectivity index (χ2v) is 7.45. The molecule has 156 valence electrons. The van der Waals surface area contributed by atoms with Crippen LogP contribution in [0.4, 0.5) is 0 Å². The van der Waals surface area contributed by atoms with Crippen molar-refractivity contribution in [2.45, 2.75) is 51.6 Å². The predicted octanol–water partition coefficient (Wildman–Crippen LogP) is 1.75. The Morgan fingerprint density at radius 3 is 2.71 bits per heavy atom. The van der Waals surface area contributed by atoms with E-state index in [-0.39, 0.29) is 35.9 Å². The minimum Gasteiger partial charge on any atom is -0.353 e. The van der Waals surface area contributed by atoms with Crippen molar-refractivity contribution >= 4 is 35.8 Å². The van der Waals surface area contributed by atoms with Crippen molar-refractivity contribution in [2.75, 3.05) is 19.6 Å². The van der Waals surface area contributed by atoms with Crippen molar-refractivity contribution in [3.05, 3.63) is 24.3 Å². The molecule has 2 fully saturated rings. The van der Waals surface area contributed by atoms with E-state index in [0.717, 1.165) is 50.0 Å². The average Bonchev–Trinajstić information content (AvgIpc) is 3.41. The maximum atomic E-state index is 12.6. The van der Waals surface area contributed by atoms with Crippen LogP contribution >= 0.6 is 24.0 Å². The van der Waals surface area contributed by atoms with Gasteiger partial charge in [-0.2, -0.15) is 0 Å². The van der Waals surface area contributed by atoms with E-state index in [1.54, 1.807) is 6.08 Å². The first-order chi connectivity index (χ1) is 13.1. The molecule has 1 amide bonds. The van der Waals surface area contributed by atoms with Crippen molar-refractivity contribution in [3.63, 3.8) is 0 Å². The van der Waals surface area contributed by atoms with Gasteiger partial charge in [-0.25, -0.2) is 4.99 Å². The fourth-order valence-electron chi connectivity index (χ4n) is 3.76. The third-order valence-corrected chi connectivity index (χ3v) is 5.52. The molecule has 1 saturated carbocycles. The second-order valence-electron chi connectivity index (χ2n) is 7.45. The van der Waals surface area contributed by atoms with E-state index in [9.17, 15) is 4.79 Å². The van der Waals surface area contributed by atoms with Gasteiger partial charge in [0.1, 0.15) is 12.4 Å². The lowest BCUT2D eigenvalue weighted by atomic mass is 10.1. The van der Waals surface area contributed by atoms with Gasteiger partial charge in [-0.05, 0) is 26.2 Å². The normalized spacial score (nSPS) is 20.1. The molecule has 1 saturated heterocycles. The summed E-state index contributed by atoms with van der Waals surface area (Å²) in [5.74, 6) is 2.98. The van der Waals surface area contributed by atoms with Crippen LogP contribution in [0.5, 0.6) is 0 Å². The van der Waals surface area contributed by atoms with Gasteiger partial charge in [0.05, 0.1) is 0 Å².